The number of hydrogen-bond donors (Lipinski definition) is 1. The van der Waals surface area contributed by atoms with E-state index in [-0.39, 0.29) is 18.1 Å². The summed E-state index contributed by atoms with van der Waals surface area (Å²) in [5.74, 6) is -0.750. The molecule has 0 aromatic carbocycles. The number of hydrogen-bond acceptors (Lipinski definition) is 3. The van der Waals surface area contributed by atoms with E-state index < -0.39 is 5.97 Å². The van der Waals surface area contributed by atoms with Crippen LogP contribution in [0, 0.1) is 5.41 Å². The van der Waals surface area contributed by atoms with E-state index in [0.29, 0.717) is 13.0 Å². The van der Waals surface area contributed by atoms with Gasteiger partial charge in [0, 0.05) is 18.9 Å². The maximum Gasteiger partial charge on any atom is 0.303 e. The summed E-state index contributed by atoms with van der Waals surface area (Å²) in [6.45, 7) is 2.73. The fraction of sp³-hybridized carbons (Fsp3) is 0.900. The fourth-order valence-corrected chi connectivity index (χ4v) is 2.10. The zero-order valence-corrected chi connectivity index (χ0v) is 8.78. The molecule has 0 amide bonds. The van der Waals surface area contributed by atoms with E-state index in [4.69, 9.17) is 14.6 Å². The molecule has 2 atom stereocenters. The van der Waals surface area contributed by atoms with Crippen LogP contribution < -0.4 is 0 Å². The molecule has 1 N–H and O–H groups in total. The van der Waals surface area contributed by atoms with Gasteiger partial charge in [0.05, 0.1) is 6.61 Å². The van der Waals surface area contributed by atoms with E-state index in [0.717, 1.165) is 12.8 Å². The van der Waals surface area contributed by atoms with Crippen molar-refractivity contribution < 1.29 is 19.4 Å². The summed E-state index contributed by atoms with van der Waals surface area (Å²) < 4.78 is 10.7. The molecule has 14 heavy (non-hydrogen) atoms. The lowest BCUT2D eigenvalue weighted by Gasteiger charge is -2.31. The predicted molar refractivity (Wildman–Crippen MR) is 51.0 cm³/mol. The summed E-state index contributed by atoms with van der Waals surface area (Å²) >= 11 is 0. The number of carboxylic acid groups (broad SMARTS) is 1. The molecule has 0 aliphatic carbocycles. The molecule has 0 radical (unpaired) electrons. The van der Waals surface area contributed by atoms with Crippen LogP contribution in [-0.4, -0.2) is 31.1 Å². The Kier molecular flexibility index (Phi) is 3.89. The molecule has 0 aromatic heterocycles. The van der Waals surface area contributed by atoms with E-state index in [1.54, 1.807) is 7.11 Å². The Balaban J connectivity index is 2.59. The summed E-state index contributed by atoms with van der Waals surface area (Å²) in [5.41, 5.74) is -0.0901. The van der Waals surface area contributed by atoms with Crippen LogP contribution in [-0.2, 0) is 14.3 Å². The van der Waals surface area contributed by atoms with Gasteiger partial charge in [0.25, 0.3) is 0 Å². The van der Waals surface area contributed by atoms with Gasteiger partial charge in [-0.05, 0) is 19.3 Å². The third-order valence-corrected chi connectivity index (χ3v) is 3.12. The Labute approximate surface area is 84.2 Å². The normalized spacial score (nSPS) is 32.0. The first kappa shape index (κ1) is 11.5. The highest BCUT2D eigenvalue weighted by atomic mass is 16.7. The second kappa shape index (κ2) is 4.75. The van der Waals surface area contributed by atoms with Crippen molar-refractivity contribution in [1.82, 2.24) is 0 Å². The first-order chi connectivity index (χ1) is 6.64. The van der Waals surface area contributed by atoms with E-state index in [2.05, 4.69) is 6.92 Å². The second-order valence-corrected chi connectivity index (χ2v) is 3.80. The Morgan fingerprint density at radius 1 is 1.71 bits per heavy atom. The van der Waals surface area contributed by atoms with Crippen LogP contribution in [0.4, 0.5) is 0 Å². The molecule has 4 nitrogen and oxygen atoms in total. The molecule has 1 aliphatic rings. The summed E-state index contributed by atoms with van der Waals surface area (Å²) in [5, 5.41) is 8.66. The molecule has 82 valence electrons. The van der Waals surface area contributed by atoms with Gasteiger partial charge < -0.3 is 14.6 Å². The van der Waals surface area contributed by atoms with Crippen LogP contribution in [0.3, 0.4) is 0 Å². The maximum atomic E-state index is 10.5. The first-order valence-electron chi connectivity index (χ1n) is 5.01. The van der Waals surface area contributed by atoms with Crippen molar-refractivity contribution in [2.45, 2.75) is 38.9 Å². The average molecular weight is 202 g/mol. The van der Waals surface area contributed by atoms with Gasteiger partial charge in [-0.3, -0.25) is 4.79 Å². The van der Waals surface area contributed by atoms with E-state index in [9.17, 15) is 4.79 Å². The van der Waals surface area contributed by atoms with Crippen molar-refractivity contribution in [3.63, 3.8) is 0 Å². The molecule has 1 aliphatic heterocycles. The van der Waals surface area contributed by atoms with Gasteiger partial charge in [0.2, 0.25) is 0 Å². The lowest BCUT2D eigenvalue weighted by atomic mass is 9.78. The molecule has 0 aromatic rings. The van der Waals surface area contributed by atoms with Crippen molar-refractivity contribution in [2.75, 3.05) is 13.7 Å². The third kappa shape index (κ3) is 2.25. The van der Waals surface area contributed by atoms with Gasteiger partial charge >= 0.3 is 5.97 Å². The van der Waals surface area contributed by atoms with Crippen LogP contribution in [0.25, 0.3) is 0 Å². The molecule has 0 bridgehead atoms. The average Bonchev–Trinajstić information content (AvgIpc) is 2.58. The Hall–Kier alpha value is -0.610. The number of carbonyl (C=O) groups is 1. The Morgan fingerprint density at radius 2 is 2.43 bits per heavy atom. The van der Waals surface area contributed by atoms with Crippen LogP contribution in [0.5, 0.6) is 0 Å². The van der Waals surface area contributed by atoms with E-state index >= 15 is 0 Å². The minimum atomic E-state index is -0.750. The van der Waals surface area contributed by atoms with Crippen LogP contribution in [0.2, 0.25) is 0 Å². The second-order valence-electron chi connectivity index (χ2n) is 3.80. The quantitative estimate of drug-likeness (QED) is 0.736. The van der Waals surface area contributed by atoms with Gasteiger partial charge in [0.15, 0.2) is 6.29 Å². The molecule has 0 saturated carbocycles. The topological polar surface area (TPSA) is 55.8 Å². The Bertz CT molecular complexity index is 204. The lowest BCUT2D eigenvalue weighted by Crippen LogP contribution is -2.32. The van der Waals surface area contributed by atoms with Crippen molar-refractivity contribution in [1.29, 1.82) is 0 Å². The molecule has 0 spiro atoms. The zero-order chi connectivity index (χ0) is 10.6. The number of methoxy groups -OCH3 is 1. The fourth-order valence-electron chi connectivity index (χ4n) is 2.10. The highest BCUT2D eigenvalue weighted by Gasteiger charge is 2.42. The summed E-state index contributed by atoms with van der Waals surface area (Å²) in [6.07, 6.45) is 2.40. The number of ether oxygens (including phenoxy) is 2. The largest absolute Gasteiger partial charge is 0.481 e. The minimum Gasteiger partial charge on any atom is -0.481 e. The van der Waals surface area contributed by atoms with Gasteiger partial charge in [-0.1, -0.05) is 6.92 Å². The molecule has 1 heterocycles. The molecular formula is C10H18O4. The SMILES string of the molecule is CCC1(CCC(=O)O)CCOC1OC. The van der Waals surface area contributed by atoms with Crippen molar-refractivity contribution in [2.24, 2.45) is 5.41 Å². The number of rotatable bonds is 5. The summed E-state index contributed by atoms with van der Waals surface area (Å²) in [4.78, 5) is 10.5. The minimum absolute atomic E-state index is 0.0901. The van der Waals surface area contributed by atoms with Gasteiger partial charge in [-0.25, -0.2) is 0 Å². The van der Waals surface area contributed by atoms with Crippen LogP contribution in [0.15, 0.2) is 0 Å². The third-order valence-electron chi connectivity index (χ3n) is 3.12. The Morgan fingerprint density at radius 3 is 2.93 bits per heavy atom. The predicted octanol–water partition coefficient (Wildman–Crippen LogP) is 1.64. The lowest BCUT2D eigenvalue weighted by molar-refractivity contribution is -0.151. The highest BCUT2D eigenvalue weighted by Crippen LogP contribution is 2.42. The molecule has 2 unspecified atom stereocenters. The van der Waals surface area contributed by atoms with Gasteiger partial charge in [-0.2, -0.15) is 0 Å². The van der Waals surface area contributed by atoms with Gasteiger partial charge in [0.1, 0.15) is 0 Å². The van der Waals surface area contributed by atoms with Gasteiger partial charge in [-0.15, -0.1) is 0 Å². The molecular weight excluding hydrogens is 184 g/mol. The zero-order valence-electron chi connectivity index (χ0n) is 8.78. The molecule has 1 fully saturated rings. The maximum absolute atomic E-state index is 10.5. The van der Waals surface area contributed by atoms with Crippen molar-refractivity contribution in [3.05, 3.63) is 0 Å². The smallest absolute Gasteiger partial charge is 0.303 e. The van der Waals surface area contributed by atoms with Crippen molar-refractivity contribution >= 4 is 5.97 Å². The standard InChI is InChI=1S/C10H18O4/c1-3-10(5-4-8(11)12)6-7-14-9(10)13-2/h9H,3-7H2,1-2H3,(H,11,12). The molecule has 1 saturated heterocycles. The summed E-state index contributed by atoms with van der Waals surface area (Å²) in [7, 11) is 1.61. The molecule has 1 rings (SSSR count). The highest BCUT2D eigenvalue weighted by molar-refractivity contribution is 5.66. The van der Waals surface area contributed by atoms with Crippen molar-refractivity contribution in [3.8, 4) is 0 Å². The van der Waals surface area contributed by atoms with Crippen LogP contribution >= 0.6 is 0 Å². The first-order valence-corrected chi connectivity index (χ1v) is 5.01. The van der Waals surface area contributed by atoms with Crippen LogP contribution in [0.1, 0.15) is 32.6 Å². The summed E-state index contributed by atoms with van der Waals surface area (Å²) in [6, 6.07) is 0. The van der Waals surface area contributed by atoms with E-state index in [1.165, 1.54) is 0 Å². The number of aliphatic carboxylic acids is 1. The molecule has 4 heteroatoms. The number of carboxylic acids is 1. The van der Waals surface area contributed by atoms with E-state index in [1.807, 2.05) is 0 Å². The monoisotopic (exact) mass is 202 g/mol.